The van der Waals surface area contributed by atoms with Crippen LogP contribution in [-0.4, -0.2) is 10.7 Å². The molecule has 1 N–H and O–H groups in total. The quantitative estimate of drug-likeness (QED) is 0.667. The van der Waals surface area contributed by atoms with Crippen molar-refractivity contribution in [3.05, 3.63) is 11.6 Å². The van der Waals surface area contributed by atoms with Crippen LogP contribution in [0.15, 0.2) is 11.6 Å². The number of rotatable bonds is 1. The highest BCUT2D eigenvalue weighted by Gasteiger charge is 2.48. The Morgan fingerprint density at radius 3 is 2.62 bits per heavy atom. The molecule has 0 heterocycles. The van der Waals surface area contributed by atoms with Crippen LogP contribution in [-0.2, 0) is 0 Å². The van der Waals surface area contributed by atoms with Crippen LogP contribution in [0.25, 0.3) is 0 Å². The molecule has 0 radical (unpaired) electrons. The predicted octanol–water partition coefficient (Wildman–Crippen LogP) is 3.92. The zero-order valence-corrected chi connectivity index (χ0v) is 11.2. The first kappa shape index (κ1) is 12.2. The van der Waals surface area contributed by atoms with Gasteiger partial charge in [0, 0.05) is 0 Å². The molecule has 1 nitrogen and oxygen atoms in total. The Balaban J connectivity index is 2.24. The smallest absolute Gasteiger partial charge is 0.0676 e. The second kappa shape index (κ2) is 3.87. The second-order valence-electron chi connectivity index (χ2n) is 6.66. The van der Waals surface area contributed by atoms with Crippen LogP contribution in [0.4, 0.5) is 0 Å². The summed E-state index contributed by atoms with van der Waals surface area (Å²) in [5.74, 6) is 0.995. The lowest BCUT2D eigenvalue weighted by molar-refractivity contribution is -0.0883. The van der Waals surface area contributed by atoms with Crippen molar-refractivity contribution in [1.29, 1.82) is 0 Å². The number of allylic oxidation sites excluding steroid dienone is 2. The molecule has 0 amide bonds. The molecular weight excluding hydrogens is 196 g/mol. The maximum Gasteiger partial charge on any atom is 0.0676 e. The zero-order valence-electron chi connectivity index (χ0n) is 11.2. The van der Waals surface area contributed by atoms with E-state index in [1.54, 1.807) is 0 Å². The summed E-state index contributed by atoms with van der Waals surface area (Å²) in [6.45, 7) is 9.00. The molecule has 92 valence electrons. The lowest BCUT2D eigenvalue weighted by atomic mass is 9.55. The van der Waals surface area contributed by atoms with E-state index < -0.39 is 5.60 Å². The van der Waals surface area contributed by atoms with Crippen molar-refractivity contribution in [2.24, 2.45) is 17.3 Å². The van der Waals surface area contributed by atoms with E-state index in [4.69, 9.17) is 0 Å². The third kappa shape index (κ3) is 1.84. The molecule has 16 heavy (non-hydrogen) atoms. The molecule has 0 aliphatic heterocycles. The predicted molar refractivity (Wildman–Crippen MR) is 68.2 cm³/mol. The van der Waals surface area contributed by atoms with Crippen molar-refractivity contribution in [2.45, 2.75) is 65.4 Å². The van der Waals surface area contributed by atoms with Gasteiger partial charge in [0.25, 0.3) is 0 Å². The Labute approximate surface area is 99.9 Å². The first-order valence-corrected chi connectivity index (χ1v) is 6.76. The third-order valence-corrected chi connectivity index (χ3v) is 5.33. The van der Waals surface area contributed by atoms with Crippen LogP contribution in [0.1, 0.15) is 59.8 Å². The van der Waals surface area contributed by atoms with Crippen LogP contribution < -0.4 is 0 Å². The Hall–Kier alpha value is -0.300. The number of hydrogen-bond donors (Lipinski definition) is 1. The first-order valence-electron chi connectivity index (χ1n) is 6.76. The lowest BCUT2D eigenvalue weighted by Gasteiger charge is -2.52. The van der Waals surface area contributed by atoms with Gasteiger partial charge in [-0.15, -0.1) is 0 Å². The van der Waals surface area contributed by atoms with Crippen LogP contribution in [0.3, 0.4) is 0 Å². The second-order valence-corrected chi connectivity index (χ2v) is 6.66. The van der Waals surface area contributed by atoms with E-state index in [0.717, 1.165) is 12.8 Å². The summed E-state index contributed by atoms with van der Waals surface area (Å²) in [6.07, 6.45) is 8.09. The van der Waals surface area contributed by atoms with Gasteiger partial charge >= 0.3 is 0 Å². The maximum absolute atomic E-state index is 10.7. The highest BCUT2D eigenvalue weighted by Crippen LogP contribution is 2.54. The average molecular weight is 222 g/mol. The third-order valence-electron chi connectivity index (χ3n) is 5.33. The summed E-state index contributed by atoms with van der Waals surface area (Å²) in [4.78, 5) is 0. The minimum Gasteiger partial charge on any atom is -0.390 e. The SMILES string of the molecule is CC1=CCC[C@]2(C)CC[C@@](O)(C(C)C)C[C@@H]12. The minimum absolute atomic E-state index is 0.381. The molecule has 0 aromatic heterocycles. The lowest BCUT2D eigenvalue weighted by Crippen LogP contribution is -2.48. The molecule has 2 aliphatic rings. The zero-order chi connectivity index (χ0) is 12.0. The largest absolute Gasteiger partial charge is 0.390 e. The van der Waals surface area contributed by atoms with Crippen LogP contribution in [0.2, 0.25) is 0 Å². The van der Waals surface area contributed by atoms with Crippen molar-refractivity contribution in [2.75, 3.05) is 0 Å². The van der Waals surface area contributed by atoms with Gasteiger partial charge in [-0.05, 0) is 56.3 Å². The summed E-state index contributed by atoms with van der Waals surface area (Å²) >= 11 is 0. The first-order chi connectivity index (χ1) is 7.37. The van der Waals surface area contributed by atoms with E-state index in [-0.39, 0.29) is 0 Å². The highest BCUT2D eigenvalue weighted by atomic mass is 16.3. The van der Waals surface area contributed by atoms with Gasteiger partial charge in [-0.1, -0.05) is 32.4 Å². The van der Waals surface area contributed by atoms with Gasteiger partial charge in [-0.25, -0.2) is 0 Å². The average Bonchev–Trinajstić information content (AvgIpc) is 2.21. The maximum atomic E-state index is 10.7. The molecule has 0 aromatic rings. The summed E-state index contributed by atoms with van der Waals surface area (Å²) in [7, 11) is 0. The molecule has 2 rings (SSSR count). The van der Waals surface area contributed by atoms with E-state index >= 15 is 0 Å². The monoisotopic (exact) mass is 222 g/mol. The fraction of sp³-hybridized carbons (Fsp3) is 0.867. The van der Waals surface area contributed by atoms with Gasteiger partial charge in [0.1, 0.15) is 0 Å². The number of hydrogen-bond acceptors (Lipinski definition) is 1. The Morgan fingerprint density at radius 1 is 1.31 bits per heavy atom. The van der Waals surface area contributed by atoms with Gasteiger partial charge in [-0.2, -0.15) is 0 Å². The highest BCUT2D eigenvalue weighted by molar-refractivity contribution is 5.16. The van der Waals surface area contributed by atoms with E-state index in [9.17, 15) is 5.11 Å². The molecule has 0 unspecified atom stereocenters. The molecule has 0 saturated heterocycles. The van der Waals surface area contributed by atoms with E-state index in [0.29, 0.717) is 17.3 Å². The molecule has 3 atom stereocenters. The van der Waals surface area contributed by atoms with Gasteiger partial charge in [0.15, 0.2) is 0 Å². The molecule has 0 bridgehead atoms. The summed E-state index contributed by atoms with van der Waals surface area (Å²) in [5, 5.41) is 10.7. The topological polar surface area (TPSA) is 20.2 Å². The fourth-order valence-corrected chi connectivity index (χ4v) is 3.68. The standard InChI is InChI=1S/C15H26O/c1-11(2)15(16)9-8-14(4)7-5-6-12(3)13(14)10-15/h6,11,13,16H,5,7-10H2,1-4H3/t13-,14+,15-/m0/s1. The molecule has 1 heteroatoms. The van der Waals surface area contributed by atoms with Gasteiger partial charge in [-0.3, -0.25) is 0 Å². The van der Waals surface area contributed by atoms with Crippen molar-refractivity contribution in [3.8, 4) is 0 Å². The molecule has 2 aliphatic carbocycles. The van der Waals surface area contributed by atoms with Crippen molar-refractivity contribution in [3.63, 3.8) is 0 Å². The van der Waals surface area contributed by atoms with E-state index in [2.05, 4.69) is 33.8 Å². The molecule has 0 spiro atoms. The van der Waals surface area contributed by atoms with Crippen molar-refractivity contribution < 1.29 is 5.11 Å². The normalized spacial score (nSPS) is 44.1. The van der Waals surface area contributed by atoms with E-state index in [1.165, 1.54) is 24.8 Å². The summed E-state index contributed by atoms with van der Waals surface area (Å²) in [6, 6.07) is 0. The molecule has 1 saturated carbocycles. The fourth-order valence-electron chi connectivity index (χ4n) is 3.68. The van der Waals surface area contributed by atoms with Crippen LogP contribution >= 0.6 is 0 Å². The van der Waals surface area contributed by atoms with Crippen molar-refractivity contribution in [1.82, 2.24) is 0 Å². The van der Waals surface area contributed by atoms with Gasteiger partial charge in [0.2, 0.25) is 0 Å². The molecular formula is C15H26O. The Morgan fingerprint density at radius 2 is 2.00 bits per heavy atom. The van der Waals surface area contributed by atoms with Crippen molar-refractivity contribution >= 4 is 0 Å². The Bertz CT molecular complexity index is 305. The summed E-state index contributed by atoms with van der Waals surface area (Å²) < 4.78 is 0. The van der Waals surface area contributed by atoms with Crippen LogP contribution in [0, 0.1) is 17.3 Å². The number of aliphatic hydroxyl groups is 1. The van der Waals surface area contributed by atoms with E-state index in [1.807, 2.05) is 0 Å². The summed E-state index contributed by atoms with van der Waals surface area (Å²) in [5.41, 5.74) is 1.56. The van der Waals surface area contributed by atoms with Gasteiger partial charge < -0.3 is 5.11 Å². The molecule has 0 aromatic carbocycles. The van der Waals surface area contributed by atoms with Crippen LogP contribution in [0.5, 0.6) is 0 Å². The number of fused-ring (bicyclic) bond motifs is 1. The molecule has 1 fully saturated rings. The van der Waals surface area contributed by atoms with Gasteiger partial charge in [0.05, 0.1) is 5.60 Å². The Kier molecular flexibility index (Phi) is 2.94. The minimum atomic E-state index is -0.420.